The van der Waals surface area contributed by atoms with Crippen molar-refractivity contribution in [1.82, 2.24) is 14.2 Å². The number of carbonyl (C=O) groups is 3. The van der Waals surface area contributed by atoms with Crippen molar-refractivity contribution >= 4 is 101 Å². The first-order valence-corrected chi connectivity index (χ1v) is 37.4. The van der Waals surface area contributed by atoms with Gasteiger partial charge in [-0.1, -0.05) is 0 Å². The summed E-state index contributed by atoms with van der Waals surface area (Å²) in [5.41, 5.74) is 0. The second-order valence-electron chi connectivity index (χ2n) is 20.9. The zero-order chi connectivity index (χ0) is 76.7. The molecular formula is C36H57N3O54S8. The standard InChI is InChI=1S/C36H57N3O54S8/c40-2-7-19(13(42)10(31(53)80-7)37-94(54,55)56)84-35-24(92-100(72,73)74)16(45)22(26(89-35)29(49)50)87-33-12(39-96(60,61)62)15(44)21(9(83-33)4-79-98(66,67)68)86-36-25(93-101(75,76)77)17(46)23(27(90-36)30(51)52)88-32-11(38-95(57,58)59)14(43)20(8(82-32)3-78-97(63,64)65)85-34-18(91-99(69,70)71)5(41)1-6(81-34)28(47)48/h1,5,7-27,31-46,53H,2-4H2,(H,47,48)(H,49,50)(H,51,52)(H,54,55,56)(H,57,58,59)(H,60,61,62)(H,63,64,65)(H,66,67,68)(H,69,70,71)(H,72,73,74)(H,75,76,77). The van der Waals surface area contributed by atoms with E-state index in [1.807, 2.05) is 0 Å². The minimum atomic E-state index is -6.30. The number of hydrogen-bond donors (Lipinski definition) is 22. The lowest BCUT2D eigenvalue weighted by molar-refractivity contribution is -0.374. The Balaban J connectivity index is 1.40. The summed E-state index contributed by atoms with van der Waals surface area (Å²) >= 11 is 0. The maximum Gasteiger partial charge on any atom is 0.397 e. The van der Waals surface area contributed by atoms with Gasteiger partial charge in [-0.25, -0.2) is 35.3 Å². The first-order chi connectivity index (χ1) is 45.8. The predicted molar refractivity (Wildman–Crippen MR) is 289 cm³/mol. The maximum absolute atomic E-state index is 13.1. The topological polar surface area (TPSA) is 892 Å². The zero-order valence-corrected chi connectivity index (χ0v) is 54.9. The van der Waals surface area contributed by atoms with E-state index in [1.54, 1.807) is 0 Å². The second kappa shape index (κ2) is 32.7. The van der Waals surface area contributed by atoms with Crippen LogP contribution in [0.15, 0.2) is 11.8 Å². The van der Waals surface area contributed by atoms with Crippen molar-refractivity contribution in [1.29, 1.82) is 0 Å². The van der Waals surface area contributed by atoms with E-state index in [0.29, 0.717) is 0 Å². The number of nitrogens with one attached hydrogen (secondary N) is 3. The zero-order valence-electron chi connectivity index (χ0n) is 48.4. The lowest BCUT2D eigenvalue weighted by atomic mass is 9.94. The van der Waals surface area contributed by atoms with Gasteiger partial charge in [0.15, 0.2) is 62.0 Å². The summed E-state index contributed by atoms with van der Waals surface area (Å²) in [7, 11) is -47.3. The molecule has 0 aromatic rings. The first kappa shape index (κ1) is 86.1. The summed E-state index contributed by atoms with van der Waals surface area (Å²) < 4.78 is 354. The van der Waals surface area contributed by atoms with E-state index >= 15 is 0 Å². The quantitative estimate of drug-likeness (QED) is 0.0278. The molecule has 0 aliphatic carbocycles. The number of aliphatic hydroxyl groups is 8. The van der Waals surface area contributed by atoms with E-state index in [1.165, 1.54) is 9.44 Å². The summed E-state index contributed by atoms with van der Waals surface area (Å²) in [6, 6.07) is -8.51. The molecular weight excluding hydrogens is 1590 g/mol. The van der Waals surface area contributed by atoms with Crippen molar-refractivity contribution in [2.45, 2.75) is 172 Å². The van der Waals surface area contributed by atoms with Crippen molar-refractivity contribution in [2.24, 2.45) is 0 Å². The molecule has 22 N–H and O–H groups in total. The molecule has 588 valence electrons. The average molecular weight is 1650 g/mol. The van der Waals surface area contributed by atoms with Crippen molar-refractivity contribution in [3.05, 3.63) is 11.8 Å². The highest BCUT2D eigenvalue weighted by Gasteiger charge is 2.62. The summed E-state index contributed by atoms with van der Waals surface area (Å²) in [5.74, 6) is -8.52. The Morgan fingerprint density at radius 3 is 1.04 bits per heavy atom. The van der Waals surface area contributed by atoms with E-state index in [0.717, 1.165) is 4.72 Å². The number of carboxylic acid groups (broad SMARTS) is 3. The van der Waals surface area contributed by atoms with Crippen LogP contribution in [0.25, 0.3) is 0 Å². The Morgan fingerprint density at radius 2 is 0.713 bits per heavy atom. The van der Waals surface area contributed by atoms with Gasteiger partial charge in [0.2, 0.25) is 12.0 Å². The van der Waals surface area contributed by atoms with Crippen molar-refractivity contribution in [3.63, 3.8) is 0 Å². The fourth-order valence-electron chi connectivity index (χ4n) is 10.1. The van der Waals surface area contributed by atoms with Gasteiger partial charge < -0.3 is 108 Å². The fraction of sp³-hybridized carbons (Fsp3) is 0.861. The molecule has 0 bridgehead atoms. The maximum atomic E-state index is 13.1. The van der Waals surface area contributed by atoms with Crippen LogP contribution in [0.5, 0.6) is 0 Å². The second-order valence-corrected chi connectivity index (χ2v) is 29.8. The van der Waals surface area contributed by atoms with Crippen LogP contribution in [0, 0.1) is 0 Å². The van der Waals surface area contributed by atoms with Gasteiger partial charge in [0.1, 0.15) is 104 Å². The highest BCUT2D eigenvalue weighted by Crippen LogP contribution is 2.39. The van der Waals surface area contributed by atoms with Crippen LogP contribution >= 0.6 is 0 Å². The summed E-state index contributed by atoms with van der Waals surface area (Å²) in [6.45, 7) is -5.21. The third kappa shape index (κ3) is 24.1. The molecule has 28 atom stereocenters. The first-order valence-electron chi connectivity index (χ1n) is 26.3. The molecule has 0 spiro atoms. The molecule has 0 aromatic heterocycles. The molecule has 5 saturated heterocycles. The van der Waals surface area contributed by atoms with Gasteiger partial charge in [0.05, 0.1) is 19.8 Å². The number of hydrogen-bond acceptors (Lipinski definition) is 43. The minimum absolute atomic E-state index is 0.209. The summed E-state index contributed by atoms with van der Waals surface area (Å²) in [5, 5.41) is 119. The number of rotatable bonds is 32. The molecule has 65 heteroatoms. The predicted octanol–water partition coefficient (Wildman–Crippen LogP) is -15.3. The van der Waals surface area contributed by atoms with Crippen molar-refractivity contribution < 1.29 is 247 Å². The lowest BCUT2D eigenvalue weighted by Gasteiger charge is -2.50. The van der Waals surface area contributed by atoms with Gasteiger partial charge in [-0.15, -0.1) is 0 Å². The number of aliphatic hydroxyl groups excluding tert-OH is 8. The molecule has 5 fully saturated rings. The van der Waals surface area contributed by atoms with Crippen LogP contribution in [0.3, 0.4) is 0 Å². The molecule has 6 aliphatic heterocycles. The third-order valence-electron chi connectivity index (χ3n) is 13.9. The van der Waals surface area contributed by atoms with Crippen LogP contribution in [0.2, 0.25) is 0 Å². The van der Waals surface area contributed by atoms with Crippen molar-refractivity contribution in [2.75, 3.05) is 19.8 Å². The Morgan fingerprint density at radius 1 is 0.386 bits per heavy atom. The fourth-order valence-corrected chi connectivity index (χ4v) is 13.9. The monoisotopic (exact) mass is 1650 g/mol. The molecule has 57 nitrogen and oxygen atoms in total. The number of carboxylic acids is 3. The molecule has 6 rings (SSSR count). The van der Waals surface area contributed by atoms with Gasteiger partial charge >= 0.3 is 101 Å². The molecule has 101 heavy (non-hydrogen) atoms. The van der Waals surface area contributed by atoms with Crippen LogP contribution in [-0.4, -0.2) is 370 Å². The Labute approximate surface area is 563 Å². The highest BCUT2D eigenvalue weighted by molar-refractivity contribution is 7.84. The van der Waals surface area contributed by atoms with Gasteiger partial charge in [0.25, 0.3) is 0 Å². The van der Waals surface area contributed by atoms with Crippen LogP contribution < -0.4 is 14.2 Å². The SMILES string of the molecule is O=C(O)C1=CC(O)C(OS(=O)(=O)O)C(OC2C(COS(=O)(=O)O)OC(OC3C(C(=O)O)OC(OC4C(COS(=O)(=O)O)OC(OC5C(C(=O)O)OC(OC6C(CO)OC(O)C(NS(=O)(=O)O)C6O)C(OS(=O)(=O)O)C5O)C(NS(=O)(=O)O)C4O)C(OS(=O)(=O)O)C3O)C(NS(=O)(=O)O)C2O)O1. The molecule has 6 aliphatic rings. The Kier molecular flexibility index (Phi) is 27.9. The molecule has 28 unspecified atom stereocenters. The van der Waals surface area contributed by atoms with Crippen LogP contribution in [-0.2, 0) is 170 Å². The normalized spacial score (nSPS) is 39.0. The summed E-state index contributed by atoms with van der Waals surface area (Å²) in [4.78, 5) is 37.9. The molecule has 0 radical (unpaired) electrons. The third-order valence-corrected chi connectivity index (χ3v) is 17.9. The van der Waals surface area contributed by atoms with E-state index in [9.17, 15) is 174 Å². The van der Waals surface area contributed by atoms with E-state index in [2.05, 4.69) is 20.9 Å². The minimum Gasteiger partial charge on any atom is -0.479 e. The van der Waals surface area contributed by atoms with E-state index in [4.69, 9.17) is 52.1 Å². The lowest BCUT2D eigenvalue weighted by Crippen LogP contribution is -2.71. The van der Waals surface area contributed by atoms with Gasteiger partial charge in [0, 0.05) is 0 Å². The molecule has 0 amide bonds. The Hall–Kier alpha value is -3.81. The number of ether oxygens (including phenoxy) is 11. The largest absolute Gasteiger partial charge is 0.479 e. The van der Waals surface area contributed by atoms with Gasteiger partial charge in [-0.3, -0.25) is 36.4 Å². The molecule has 0 aromatic carbocycles. The number of aliphatic carboxylic acids is 3. The van der Waals surface area contributed by atoms with Crippen LogP contribution in [0.1, 0.15) is 0 Å². The Bertz CT molecular complexity index is 3940. The van der Waals surface area contributed by atoms with E-state index in [-0.39, 0.29) is 6.08 Å². The summed E-state index contributed by atoms with van der Waals surface area (Å²) in [6.07, 6.45) is -73.7. The molecule has 6 heterocycles. The van der Waals surface area contributed by atoms with Crippen LogP contribution in [0.4, 0.5) is 0 Å². The average Bonchev–Trinajstić information content (AvgIpc) is 0.763. The smallest absolute Gasteiger partial charge is 0.397 e. The molecule has 0 saturated carbocycles. The van der Waals surface area contributed by atoms with Gasteiger partial charge in [-0.2, -0.15) is 81.5 Å². The highest BCUT2D eigenvalue weighted by atomic mass is 32.3. The van der Waals surface area contributed by atoms with Gasteiger partial charge in [-0.05, 0) is 6.08 Å². The van der Waals surface area contributed by atoms with Crippen molar-refractivity contribution in [3.8, 4) is 0 Å². The van der Waals surface area contributed by atoms with E-state index < -0.39 is 298 Å².